The summed E-state index contributed by atoms with van der Waals surface area (Å²) in [6.45, 7) is 4.71. The first kappa shape index (κ1) is 17.4. The second-order valence-electron chi connectivity index (χ2n) is 6.20. The van der Waals surface area contributed by atoms with Gasteiger partial charge in [-0.1, -0.05) is 0 Å². The van der Waals surface area contributed by atoms with Gasteiger partial charge in [0.05, 0.1) is 5.57 Å². The second-order valence-corrected chi connectivity index (χ2v) is 8.09. The number of ether oxygens (including phenoxy) is 2. The monoisotopic (exact) mass is 347 g/mol. The van der Waals surface area contributed by atoms with Crippen LogP contribution in [0.4, 0.5) is 0 Å². The highest BCUT2D eigenvalue weighted by Crippen LogP contribution is 2.38. The molecule has 1 fully saturated rings. The first-order valence-electron chi connectivity index (χ1n) is 6.67. The van der Waals surface area contributed by atoms with Crippen LogP contribution in [0.5, 0.6) is 0 Å². The van der Waals surface area contributed by atoms with Crippen molar-refractivity contribution in [1.82, 2.24) is 4.90 Å². The Hall–Kier alpha value is -1.94. The van der Waals surface area contributed by atoms with Gasteiger partial charge < -0.3 is 19.5 Å². The Kier molecular flexibility index (Phi) is 4.02. The molecule has 0 bridgehead atoms. The zero-order valence-corrected chi connectivity index (χ0v) is 13.8. The molecule has 2 aliphatic heterocycles. The third-order valence-corrected chi connectivity index (χ3v) is 5.09. The van der Waals surface area contributed by atoms with Crippen LogP contribution in [0.25, 0.3) is 0 Å². The van der Waals surface area contributed by atoms with Crippen LogP contribution in [-0.4, -0.2) is 66.5 Å². The van der Waals surface area contributed by atoms with Gasteiger partial charge >= 0.3 is 11.9 Å². The van der Waals surface area contributed by atoms with E-state index in [0.717, 1.165) is 7.11 Å². The number of carbonyl (C=O) groups is 3. The van der Waals surface area contributed by atoms with Crippen molar-refractivity contribution in [1.29, 1.82) is 0 Å². The maximum Gasteiger partial charge on any atom is 0.335 e. The molecule has 2 heterocycles. The Morgan fingerprint density at radius 1 is 1.30 bits per heavy atom. The number of amides is 1. The number of hydrogen-bond donors (Lipinski definition) is 1. The quantitative estimate of drug-likeness (QED) is 0.523. The molecule has 9 nitrogen and oxygen atoms in total. The molecular weight excluding hydrogens is 330 g/mol. The summed E-state index contributed by atoms with van der Waals surface area (Å²) in [4.78, 5) is 36.4. The highest BCUT2D eigenvalue weighted by molar-refractivity contribution is 7.95. The summed E-state index contributed by atoms with van der Waals surface area (Å²) in [7, 11) is -2.93. The number of aliphatic carboxylic acids is 1. The smallest absolute Gasteiger partial charge is 0.335 e. The zero-order valence-electron chi connectivity index (χ0n) is 13.0. The minimum atomic E-state index is -4.09. The third kappa shape index (κ3) is 2.83. The summed E-state index contributed by atoms with van der Waals surface area (Å²) in [5, 5.41) is 8.29. The van der Waals surface area contributed by atoms with Gasteiger partial charge in [0.15, 0.2) is 27.4 Å². The topological polar surface area (TPSA) is 127 Å². The molecule has 3 unspecified atom stereocenters. The summed E-state index contributed by atoms with van der Waals surface area (Å²) in [5.74, 6) is -3.39. The average Bonchev–Trinajstić information content (AvgIpc) is 2.36. The molecule has 10 heteroatoms. The minimum absolute atomic E-state index is 0.504. The number of carbonyl (C=O) groups excluding carboxylic acids is 2. The lowest BCUT2D eigenvalue weighted by Crippen LogP contribution is -2.74. The molecule has 128 valence electrons. The van der Waals surface area contributed by atoms with Crippen LogP contribution in [0.15, 0.2) is 11.0 Å². The van der Waals surface area contributed by atoms with E-state index in [1.54, 1.807) is 20.8 Å². The predicted molar refractivity (Wildman–Crippen MR) is 75.7 cm³/mol. The number of carboxylic acid groups (broad SMARTS) is 1. The van der Waals surface area contributed by atoms with Gasteiger partial charge in [0.2, 0.25) is 0 Å². The normalized spacial score (nSPS) is 29.2. The van der Waals surface area contributed by atoms with Crippen molar-refractivity contribution in [2.24, 2.45) is 0 Å². The van der Waals surface area contributed by atoms with Crippen LogP contribution in [0, 0.1) is 0 Å². The van der Waals surface area contributed by atoms with E-state index in [2.05, 4.69) is 0 Å². The number of sulfone groups is 1. The van der Waals surface area contributed by atoms with Gasteiger partial charge in [0, 0.05) is 12.5 Å². The zero-order chi connectivity index (χ0) is 17.7. The number of methoxy groups -OCH3 is 1. The number of nitrogens with zero attached hydrogens (tertiary/aromatic N) is 1. The number of β-lactam (4-membered cyclic amide) rings is 1. The van der Waals surface area contributed by atoms with Crippen molar-refractivity contribution in [3.63, 3.8) is 0 Å². The van der Waals surface area contributed by atoms with Gasteiger partial charge in [0.1, 0.15) is 5.60 Å². The van der Waals surface area contributed by atoms with Gasteiger partial charge in [0.25, 0.3) is 5.91 Å². The molecule has 0 spiro atoms. The van der Waals surface area contributed by atoms with Crippen molar-refractivity contribution < 1.29 is 37.4 Å². The fourth-order valence-electron chi connectivity index (χ4n) is 2.51. The summed E-state index contributed by atoms with van der Waals surface area (Å²) in [6.07, 6.45) is -1.27. The first-order chi connectivity index (χ1) is 10.4. The molecule has 1 amide bonds. The fourth-order valence-corrected chi connectivity index (χ4v) is 4.34. The molecule has 0 aliphatic carbocycles. The molecule has 0 aromatic heterocycles. The number of esters is 1. The van der Waals surface area contributed by atoms with Gasteiger partial charge in [-0.2, -0.15) is 0 Å². The van der Waals surface area contributed by atoms with Gasteiger partial charge in [-0.15, -0.1) is 0 Å². The highest BCUT2D eigenvalue weighted by Gasteiger charge is 2.62. The Labute approximate surface area is 132 Å². The van der Waals surface area contributed by atoms with E-state index in [-0.39, 0.29) is 0 Å². The molecule has 0 radical (unpaired) electrons. The maximum absolute atomic E-state index is 12.3. The van der Waals surface area contributed by atoms with Gasteiger partial charge in [-0.25, -0.2) is 18.0 Å². The van der Waals surface area contributed by atoms with Crippen molar-refractivity contribution in [3.05, 3.63) is 11.0 Å². The number of hydrogen-bond acceptors (Lipinski definition) is 7. The predicted octanol–water partition coefficient (Wildman–Crippen LogP) is -0.723. The average molecular weight is 347 g/mol. The molecular formula is C13H17NO8S. The number of fused-ring (bicyclic) bond motifs is 1. The molecule has 1 N–H and O–H groups in total. The fraction of sp³-hybridized carbons (Fsp3) is 0.615. The molecule has 2 aliphatic rings. The highest BCUT2D eigenvalue weighted by atomic mass is 32.2. The Morgan fingerprint density at radius 2 is 1.87 bits per heavy atom. The van der Waals surface area contributed by atoms with Gasteiger partial charge in [-0.05, 0) is 20.8 Å². The number of carboxylic acids is 1. The lowest BCUT2D eigenvalue weighted by Gasteiger charge is -2.50. The van der Waals surface area contributed by atoms with E-state index in [4.69, 9.17) is 9.47 Å². The third-order valence-electron chi connectivity index (χ3n) is 3.36. The summed E-state index contributed by atoms with van der Waals surface area (Å²) in [6, 6.07) is -1.63. The second kappa shape index (κ2) is 5.31. The molecule has 0 aromatic carbocycles. The molecule has 1 saturated heterocycles. The van der Waals surface area contributed by atoms with Gasteiger partial charge in [-0.3, -0.25) is 4.79 Å². The number of rotatable bonds is 3. The van der Waals surface area contributed by atoms with E-state index >= 15 is 0 Å². The summed E-state index contributed by atoms with van der Waals surface area (Å²) in [5.41, 5.74) is -1.65. The van der Waals surface area contributed by atoms with Crippen LogP contribution in [0.2, 0.25) is 0 Å². The Morgan fingerprint density at radius 3 is 2.30 bits per heavy atom. The van der Waals surface area contributed by atoms with E-state index < -0.39 is 56.4 Å². The van der Waals surface area contributed by atoms with Crippen molar-refractivity contribution in [3.8, 4) is 0 Å². The van der Waals surface area contributed by atoms with E-state index in [9.17, 15) is 27.9 Å². The van der Waals surface area contributed by atoms with Crippen LogP contribution < -0.4 is 0 Å². The lowest BCUT2D eigenvalue weighted by atomic mass is 9.99. The molecule has 3 atom stereocenters. The SMILES string of the molecule is COC1C(=O)N2C(C(=O)OC(C)(C)C)C(C(=O)O)=CS(=O)(=O)C12. The largest absolute Gasteiger partial charge is 0.478 e. The molecule has 2 rings (SSSR count). The standard InChI is InChI=1S/C13H17NO8S/c1-13(2,3)22-12(18)7-6(11(16)17)5-23(19,20)10-8(21-4)9(15)14(7)10/h5,7-8,10H,1-4H3,(H,16,17). The summed E-state index contributed by atoms with van der Waals surface area (Å²) >= 11 is 0. The first-order valence-corrected chi connectivity index (χ1v) is 8.28. The maximum atomic E-state index is 12.3. The minimum Gasteiger partial charge on any atom is -0.478 e. The molecule has 23 heavy (non-hydrogen) atoms. The van der Waals surface area contributed by atoms with E-state index in [0.29, 0.717) is 10.3 Å². The van der Waals surface area contributed by atoms with E-state index in [1.165, 1.54) is 0 Å². The van der Waals surface area contributed by atoms with Crippen LogP contribution in [-0.2, 0) is 33.7 Å². The van der Waals surface area contributed by atoms with Crippen molar-refractivity contribution in [2.75, 3.05) is 7.11 Å². The van der Waals surface area contributed by atoms with Crippen molar-refractivity contribution in [2.45, 2.75) is 43.9 Å². The Bertz CT molecular complexity index is 702. The summed E-state index contributed by atoms with van der Waals surface area (Å²) < 4.78 is 34.3. The Balaban J connectivity index is 2.52. The van der Waals surface area contributed by atoms with E-state index in [1.807, 2.05) is 0 Å². The van der Waals surface area contributed by atoms with Crippen LogP contribution in [0.1, 0.15) is 20.8 Å². The lowest BCUT2D eigenvalue weighted by molar-refractivity contribution is -0.180. The van der Waals surface area contributed by atoms with Crippen LogP contribution >= 0.6 is 0 Å². The van der Waals surface area contributed by atoms with Crippen molar-refractivity contribution >= 4 is 27.7 Å². The van der Waals surface area contributed by atoms with Crippen LogP contribution in [0.3, 0.4) is 0 Å². The molecule has 0 aromatic rings. The molecule has 0 saturated carbocycles.